The van der Waals surface area contributed by atoms with Gasteiger partial charge in [0.1, 0.15) is 0 Å². The van der Waals surface area contributed by atoms with Gasteiger partial charge in [0.25, 0.3) is 0 Å². The normalized spacial score (nSPS) is 19.2. The fraction of sp³-hybridized carbons (Fsp3) is 0.692. The lowest BCUT2D eigenvalue weighted by Crippen LogP contribution is -2.43. The summed E-state index contributed by atoms with van der Waals surface area (Å²) in [6, 6.07) is -0.131. The van der Waals surface area contributed by atoms with Crippen molar-refractivity contribution in [2.75, 3.05) is 11.9 Å². The van der Waals surface area contributed by atoms with Crippen LogP contribution >= 0.6 is 0 Å². The maximum absolute atomic E-state index is 12.0. The van der Waals surface area contributed by atoms with Gasteiger partial charge in [0, 0.05) is 0 Å². The molecule has 6 nitrogen and oxygen atoms in total. The number of carbonyl (C=O) groups excluding carboxylic acids is 1. The summed E-state index contributed by atoms with van der Waals surface area (Å²) < 4.78 is 0. The number of hydrogen-bond donors (Lipinski definition) is 2. The molecular weight excluding hydrogens is 242 g/mol. The lowest BCUT2D eigenvalue weighted by Gasteiger charge is -2.22. The molecule has 104 valence electrons. The summed E-state index contributed by atoms with van der Waals surface area (Å²) in [6.45, 7) is 4.94. The molecule has 6 heteroatoms. The van der Waals surface area contributed by atoms with Gasteiger partial charge in [-0.3, -0.25) is 10.1 Å². The van der Waals surface area contributed by atoms with Gasteiger partial charge in [-0.1, -0.05) is 20.3 Å². The van der Waals surface area contributed by atoms with Gasteiger partial charge in [0.2, 0.25) is 11.9 Å². The molecule has 1 amide bonds. The summed E-state index contributed by atoms with van der Waals surface area (Å²) in [4.78, 5) is 16.4. The summed E-state index contributed by atoms with van der Waals surface area (Å²) in [7, 11) is 0. The number of aryl methyl sites for hydroxylation is 2. The molecule has 0 radical (unpaired) electrons. The Bertz CT molecular complexity index is 443. The number of nitrogens with one attached hydrogen (secondary N) is 2. The molecule has 1 atom stereocenters. The minimum absolute atomic E-state index is 0.0622. The van der Waals surface area contributed by atoms with Crippen LogP contribution in [0.25, 0.3) is 0 Å². The number of hydrogen-bond acceptors (Lipinski definition) is 5. The standard InChI is InChI=1S/C13H21N5O/c1-3-9-10(4-2)17-18-13(15-9)16-12(19)11-7-5-6-8-14-11/h11,14H,3-8H2,1-2H3,(H,15,16,18,19)/t11-/m1/s1. The summed E-state index contributed by atoms with van der Waals surface area (Å²) >= 11 is 0. The molecule has 1 aliphatic heterocycles. The van der Waals surface area contributed by atoms with E-state index in [1.807, 2.05) is 13.8 Å². The van der Waals surface area contributed by atoms with E-state index in [4.69, 9.17) is 0 Å². The highest BCUT2D eigenvalue weighted by atomic mass is 16.2. The first-order chi connectivity index (χ1) is 9.24. The Kier molecular flexibility index (Phi) is 4.79. The van der Waals surface area contributed by atoms with E-state index in [0.29, 0.717) is 5.95 Å². The zero-order valence-corrected chi connectivity index (χ0v) is 11.6. The summed E-state index contributed by atoms with van der Waals surface area (Å²) in [5.74, 6) is 0.249. The van der Waals surface area contributed by atoms with Gasteiger partial charge in [-0.2, -0.15) is 0 Å². The number of piperidine rings is 1. The van der Waals surface area contributed by atoms with Crippen LogP contribution in [0.15, 0.2) is 0 Å². The van der Waals surface area contributed by atoms with E-state index >= 15 is 0 Å². The fourth-order valence-corrected chi connectivity index (χ4v) is 2.26. The van der Waals surface area contributed by atoms with Gasteiger partial charge in [-0.15, -0.1) is 10.2 Å². The van der Waals surface area contributed by atoms with E-state index in [0.717, 1.165) is 50.0 Å². The molecular formula is C13H21N5O. The van der Waals surface area contributed by atoms with Crippen molar-refractivity contribution in [2.24, 2.45) is 0 Å². The van der Waals surface area contributed by atoms with Crippen LogP contribution in [-0.4, -0.2) is 33.7 Å². The van der Waals surface area contributed by atoms with Crippen molar-refractivity contribution < 1.29 is 4.79 Å². The van der Waals surface area contributed by atoms with E-state index < -0.39 is 0 Å². The topological polar surface area (TPSA) is 79.8 Å². The van der Waals surface area contributed by atoms with Crippen molar-refractivity contribution >= 4 is 11.9 Å². The van der Waals surface area contributed by atoms with Crippen molar-refractivity contribution in [1.82, 2.24) is 20.5 Å². The Morgan fingerprint density at radius 2 is 2.05 bits per heavy atom. The predicted octanol–water partition coefficient (Wildman–Crippen LogP) is 1.08. The van der Waals surface area contributed by atoms with Gasteiger partial charge >= 0.3 is 0 Å². The van der Waals surface area contributed by atoms with Crippen LogP contribution in [0.1, 0.15) is 44.5 Å². The molecule has 1 saturated heterocycles. The first-order valence-electron chi connectivity index (χ1n) is 7.01. The largest absolute Gasteiger partial charge is 0.306 e. The highest BCUT2D eigenvalue weighted by Crippen LogP contribution is 2.10. The first kappa shape index (κ1) is 13.9. The maximum Gasteiger partial charge on any atom is 0.249 e. The molecule has 2 heterocycles. The Morgan fingerprint density at radius 1 is 1.26 bits per heavy atom. The molecule has 0 bridgehead atoms. The zero-order valence-electron chi connectivity index (χ0n) is 11.6. The molecule has 0 saturated carbocycles. The fourth-order valence-electron chi connectivity index (χ4n) is 2.26. The van der Waals surface area contributed by atoms with E-state index in [1.165, 1.54) is 0 Å². The first-order valence-corrected chi connectivity index (χ1v) is 7.01. The minimum Gasteiger partial charge on any atom is -0.306 e. The Morgan fingerprint density at radius 3 is 2.68 bits per heavy atom. The molecule has 1 aliphatic rings. The third kappa shape index (κ3) is 3.47. The highest BCUT2D eigenvalue weighted by Gasteiger charge is 2.21. The quantitative estimate of drug-likeness (QED) is 0.849. The molecule has 1 aromatic heterocycles. The van der Waals surface area contributed by atoms with Crippen LogP contribution < -0.4 is 10.6 Å². The number of amides is 1. The van der Waals surface area contributed by atoms with E-state index in [2.05, 4.69) is 25.8 Å². The minimum atomic E-state index is -0.131. The number of aromatic nitrogens is 3. The zero-order chi connectivity index (χ0) is 13.7. The second-order valence-electron chi connectivity index (χ2n) is 4.73. The van der Waals surface area contributed by atoms with Crippen molar-refractivity contribution in [3.63, 3.8) is 0 Å². The third-order valence-electron chi connectivity index (χ3n) is 3.37. The second-order valence-corrected chi connectivity index (χ2v) is 4.73. The van der Waals surface area contributed by atoms with Crippen molar-refractivity contribution in [3.05, 3.63) is 11.4 Å². The van der Waals surface area contributed by atoms with Crippen LogP contribution in [0.3, 0.4) is 0 Å². The van der Waals surface area contributed by atoms with Crippen LogP contribution in [0.4, 0.5) is 5.95 Å². The summed E-state index contributed by atoms with van der Waals surface area (Å²) in [5, 5.41) is 14.0. The number of anilines is 1. The molecule has 19 heavy (non-hydrogen) atoms. The van der Waals surface area contributed by atoms with Crippen LogP contribution in [-0.2, 0) is 17.6 Å². The van der Waals surface area contributed by atoms with Crippen LogP contribution in [0.2, 0.25) is 0 Å². The van der Waals surface area contributed by atoms with Crippen molar-refractivity contribution in [3.8, 4) is 0 Å². The molecule has 1 fully saturated rings. The maximum atomic E-state index is 12.0. The van der Waals surface area contributed by atoms with Crippen LogP contribution in [0, 0.1) is 0 Å². The molecule has 1 aromatic rings. The molecule has 0 unspecified atom stereocenters. The van der Waals surface area contributed by atoms with E-state index in [1.54, 1.807) is 0 Å². The van der Waals surface area contributed by atoms with Gasteiger partial charge < -0.3 is 5.32 Å². The number of rotatable bonds is 4. The van der Waals surface area contributed by atoms with E-state index in [-0.39, 0.29) is 11.9 Å². The molecule has 2 rings (SSSR count). The molecule has 0 spiro atoms. The van der Waals surface area contributed by atoms with E-state index in [9.17, 15) is 4.79 Å². The lowest BCUT2D eigenvalue weighted by atomic mass is 10.0. The summed E-state index contributed by atoms with van der Waals surface area (Å²) in [6.07, 6.45) is 4.68. The average Bonchev–Trinajstić information content (AvgIpc) is 2.48. The SMILES string of the molecule is CCc1nnc(NC(=O)[C@H]2CCCCN2)nc1CC. The highest BCUT2D eigenvalue weighted by molar-refractivity contribution is 5.93. The Balaban J connectivity index is 2.03. The van der Waals surface area contributed by atoms with Crippen molar-refractivity contribution in [1.29, 1.82) is 0 Å². The van der Waals surface area contributed by atoms with Gasteiger partial charge in [0.05, 0.1) is 17.4 Å². The molecule has 2 N–H and O–H groups in total. The molecule has 0 aliphatic carbocycles. The Hall–Kier alpha value is -1.56. The molecule has 0 aromatic carbocycles. The van der Waals surface area contributed by atoms with Gasteiger partial charge in [-0.25, -0.2) is 4.98 Å². The second kappa shape index (κ2) is 6.56. The Labute approximate surface area is 113 Å². The van der Waals surface area contributed by atoms with Gasteiger partial charge in [-0.05, 0) is 32.2 Å². The third-order valence-corrected chi connectivity index (χ3v) is 3.37. The average molecular weight is 263 g/mol. The smallest absolute Gasteiger partial charge is 0.249 e. The lowest BCUT2D eigenvalue weighted by molar-refractivity contribution is -0.118. The van der Waals surface area contributed by atoms with Crippen molar-refractivity contribution in [2.45, 2.75) is 52.0 Å². The number of carbonyl (C=O) groups is 1. The summed E-state index contributed by atoms with van der Waals surface area (Å²) in [5.41, 5.74) is 1.81. The number of nitrogens with zero attached hydrogens (tertiary/aromatic N) is 3. The van der Waals surface area contributed by atoms with Gasteiger partial charge in [0.15, 0.2) is 0 Å². The van der Waals surface area contributed by atoms with Crippen LogP contribution in [0.5, 0.6) is 0 Å². The predicted molar refractivity (Wildman–Crippen MR) is 72.9 cm³/mol. The monoisotopic (exact) mass is 263 g/mol.